The molecule has 1 rings (SSSR count). The fraction of sp³-hybridized carbons (Fsp3) is 1.00. The van der Waals surface area contributed by atoms with Gasteiger partial charge in [0.1, 0.15) is 0 Å². The molecular weight excluding hydrogens is 148 g/mol. The highest BCUT2D eigenvalue weighted by Crippen LogP contribution is 2.39. The molecule has 0 spiro atoms. The first-order valence-corrected chi connectivity index (χ1v) is 5.16. The average Bonchev–Trinajstić information content (AvgIpc) is 2.85. The van der Waals surface area contributed by atoms with E-state index in [0.29, 0.717) is 5.54 Å². The van der Waals surface area contributed by atoms with Crippen molar-refractivity contribution in [1.29, 1.82) is 0 Å². The molecule has 2 nitrogen and oxygen atoms in total. The summed E-state index contributed by atoms with van der Waals surface area (Å²) < 4.78 is 0. The third kappa shape index (κ3) is 2.20. The SMILES string of the molecule is CCCCCN(C)C1(CN)CC1. The normalized spacial score (nSPS) is 20.0. The van der Waals surface area contributed by atoms with Crippen molar-refractivity contribution in [3.63, 3.8) is 0 Å². The molecule has 0 aromatic carbocycles. The highest BCUT2D eigenvalue weighted by Gasteiger charge is 2.44. The van der Waals surface area contributed by atoms with Crippen LogP contribution in [0.15, 0.2) is 0 Å². The van der Waals surface area contributed by atoms with E-state index < -0.39 is 0 Å². The minimum Gasteiger partial charge on any atom is -0.329 e. The van der Waals surface area contributed by atoms with Crippen LogP contribution in [-0.4, -0.2) is 30.6 Å². The first-order valence-electron chi connectivity index (χ1n) is 5.16. The lowest BCUT2D eigenvalue weighted by molar-refractivity contribution is 0.222. The third-order valence-electron chi connectivity index (χ3n) is 3.11. The Labute approximate surface area is 76.1 Å². The van der Waals surface area contributed by atoms with Gasteiger partial charge in [-0.15, -0.1) is 0 Å². The van der Waals surface area contributed by atoms with Gasteiger partial charge in [0.05, 0.1) is 0 Å². The quantitative estimate of drug-likeness (QED) is 0.613. The zero-order valence-electron chi connectivity index (χ0n) is 8.47. The third-order valence-corrected chi connectivity index (χ3v) is 3.11. The molecule has 0 heterocycles. The van der Waals surface area contributed by atoms with Gasteiger partial charge in [-0.2, -0.15) is 0 Å². The molecule has 0 unspecified atom stereocenters. The summed E-state index contributed by atoms with van der Waals surface area (Å²) in [6.45, 7) is 4.32. The van der Waals surface area contributed by atoms with Gasteiger partial charge in [-0.3, -0.25) is 4.90 Å². The largest absolute Gasteiger partial charge is 0.329 e. The molecule has 0 bridgehead atoms. The molecule has 0 aromatic heterocycles. The van der Waals surface area contributed by atoms with E-state index in [2.05, 4.69) is 18.9 Å². The lowest BCUT2D eigenvalue weighted by Crippen LogP contribution is -2.40. The van der Waals surface area contributed by atoms with Crippen LogP contribution in [0.3, 0.4) is 0 Å². The summed E-state index contributed by atoms with van der Waals surface area (Å²) in [7, 11) is 2.22. The van der Waals surface area contributed by atoms with E-state index >= 15 is 0 Å². The molecule has 12 heavy (non-hydrogen) atoms. The molecule has 1 fully saturated rings. The Bertz CT molecular complexity index is 130. The van der Waals surface area contributed by atoms with E-state index in [1.54, 1.807) is 0 Å². The maximum Gasteiger partial charge on any atom is 0.0330 e. The Kier molecular flexibility index (Phi) is 3.53. The van der Waals surface area contributed by atoms with Crippen LogP contribution in [0, 0.1) is 0 Å². The topological polar surface area (TPSA) is 29.3 Å². The molecule has 0 saturated heterocycles. The molecule has 1 aliphatic rings. The molecule has 2 N–H and O–H groups in total. The number of likely N-dealkylation sites (N-methyl/N-ethyl adjacent to an activating group) is 1. The summed E-state index contributed by atoms with van der Waals surface area (Å²) in [5.74, 6) is 0. The summed E-state index contributed by atoms with van der Waals surface area (Å²) in [6, 6.07) is 0. The zero-order valence-corrected chi connectivity index (χ0v) is 8.47. The van der Waals surface area contributed by atoms with E-state index in [9.17, 15) is 0 Å². The molecule has 2 heteroatoms. The molecule has 72 valence electrons. The van der Waals surface area contributed by atoms with Gasteiger partial charge in [-0.1, -0.05) is 19.8 Å². The smallest absolute Gasteiger partial charge is 0.0330 e. The minimum atomic E-state index is 0.410. The average molecular weight is 170 g/mol. The minimum absolute atomic E-state index is 0.410. The maximum absolute atomic E-state index is 5.73. The molecule has 0 radical (unpaired) electrons. The summed E-state index contributed by atoms with van der Waals surface area (Å²) in [5, 5.41) is 0. The van der Waals surface area contributed by atoms with Crippen molar-refractivity contribution in [2.75, 3.05) is 20.1 Å². The molecule has 0 aromatic rings. The van der Waals surface area contributed by atoms with Gasteiger partial charge < -0.3 is 5.73 Å². The lowest BCUT2D eigenvalue weighted by Gasteiger charge is -2.26. The highest BCUT2D eigenvalue weighted by atomic mass is 15.2. The first-order chi connectivity index (χ1) is 5.75. The van der Waals surface area contributed by atoms with Gasteiger partial charge in [0.15, 0.2) is 0 Å². The fourth-order valence-electron chi connectivity index (χ4n) is 1.72. The van der Waals surface area contributed by atoms with E-state index in [1.807, 2.05) is 0 Å². The van der Waals surface area contributed by atoms with Crippen LogP contribution in [0.2, 0.25) is 0 Å². The standard InChI is InChI=1S/C10H22N2/c1-3-4-5-8-12(2)10(9-11)6-7-10/h3-9,11H2,1-2H3. The van der Waals surface area contributed by atoms with Crippen LogP contribution in [-0.2, 0) is 0 Å². The van der Waals surface area contributed by atoms with E-state index in [4.69, 9.17) is 5.73 Å². The number of nitrogens with zero attached hydrogens (tertiary/aromatic N) is 1. The van der Waals surface area contributed by atoms with E-state index in [0.717, 1.165) is 6.54 Å². The van der Waals surface area contributed by atoms with Gasteiger partial charge in [-0.05, 0) is 32.9 Å². The summed E-state index contributed by atoms with van der Waals surface area (Å²) in [4.78, 5) is 2.46. The number of rotatable bonds is 6. The van der Waals surface area contributed by atoms with Crippen molar-refractivity contribution in [3.8, 4) is 0 Å². The van der Waals surface area contributed by atoms with E-state index in [1.165, 1.54) is 38.6 Å². The van der Waals surface area contributed by atoms with Crippen LogP contribution in [0.1, 0.15) is 39.0 Å². The van der Waals surface area contributed by atoms with Gasteiger partial charge >= 0.3 is 0 Å². The second kappa shape index (κ2) is 4.24. The Balaban J connectivity index is 2.15. The number of hydrogen-bond acceptors (Lipinski definition) is 2. The number of unbranched alkanes of at least 4 members (excludes halogenated alkanes) is 2. The molecule has 0 atom stereocenters. The van der Waals surface area contributed by atoms with Gasteiger partial charge in [0, 0.05) is 12.1 Å². The summed E-state index contributed by atoms with van der Waals surface area (Å²) in [5.41, 5.74) is 6.14. The fourth-order valence-corrected chi connectivity index (χ4v) is 1.72. The molecule has 1 aliphatic carbocycles. The van der Waals surface area contributed by atoms with Crippen LogP contribution < -0.4 is 5.73 Å². The Hall–Kier alpha value is -0.0800. The molecule has 1 saturated carbocycles. The second-order valence-corrected chi connectivity index (χ2v) is 4.06. The Morgan fingerprint density at radius 1 is 1.33 bits per heavy atom. The van der Waals surface area contributed by atoms with Crippen molar-refractivity contribution in [1.82, 2.24) is 4.90 Å². The van der Waals surface area contributed by atoms with Crippen molar-refractivity contribution in [2.45, 2.75) is 44.6 Å². The predicted molar refractivity (Wildman–Crippen MR) is 53.2 cm³/mol. The second-order valence-electron chi connectivity index (χ2n) is 4.06. The monoisotopic (exact) mass is 170 g/mol. The molecule has 0 aliphatic heterocycles. The van der Waals surface area contributed by atoms with Crippen molar-refractivity contribution in [3.05, 3.63) is 0 Å². The van der Waals surface area contributed by atoms with Crippen LogP contribution in [0.25, 0.3) is 0 Å². The molecular formula is C10H22N2. The summed E-state index contributed by atoms with van der Waals surface area (Å²) >= 11 is 0. The Morgan fingerprint density at radius 2 is 2.00 bits per heavy atom. The van der Waals surface area contributed by atoms with Crippen LogP contribution >= 0.6 is 0 Å². The van der Waals surface area contributed by atoms with Crippen molar-refractivity contribution >= 4 is 0 Å². The van der Waals surface area contributed by atoms with Crippen molar-refractivity contribution < 1.29 is 0 Å². The number of hydrogen-bond donors (Lipinski definition) is 1. The van der Waals surface area contributed by atoms with Crippen LogP contribution in [0.4, 0.5) is 0 Å². The van der Waals surface area contributed by atoms with Gasteiger partial charge in [0.25, 0.3) is 0 Å². The van der Waals surface area contributed by atoms with E-state index in [-0.39, 0.29) is 0 Å². The lowest BCUT2D eigenvalue weighted by atomic mass is 10.2. The van der Waals surface area contributed by atoms with Gasteiger partial charge in [0.2, 0.25) is 0 Å². The predicted octanol–water partition coefficient (Wildman–Crippen LogP) is 1.60. The van der Waals surface area contributed by atoms with Gasteiger partial charge in [-0.25, -0.2) is 0 Å². The van der Waals surface area contributed by atoms with Crippen LogP contribution in [0.5, 0.6) is 0 Å². The zero-order chi connectivity index (χ0) is 9.03. The summed E-state index contributed by atoms with van der Waals surface area (Å²) in [6.07, 6.45) is 6.61. The Morgan fingerprint density at radius 3 is 2.42 bits per heavy atom. The first kappa shape index (κ1) is 10.0. The van der Waals surface area contributed by atoms with Crippen molar-refractivity contribution in [2.24, 2.45) is 5.73 Å². The molecule has 0 amide bonds. The highest BCUT2D eigenvalue weighted by molar-refractivity contribution is 5.03. The maximum atomic E-state index is 5.73. The number of nitrogens with two attached hydrogens (primary N) is 1.